The fourth-order valence-corrected chi connectivity index (χ4v) is 5.32. The van der Waals surface area contributed by atoms with E-state index in [0.29, 0.717) is 6.54 Å². The zero-order valence-electron chi connectivity index (χ0n) is 19.9. The Morgan fingerprint density at radius 3 is 2.00 bits per heavy atom. The predicted molar refractivity (Wildman–Crippen MR) is 132 cm³/mol. The van der Waals surface area contributed by atoms with E-state index in [0.717, 1.165) is 72.1 Å². The minimum atomic E-state index is -0.162. The van der Waals surface area contributed by atoms with E-state index in [1.807, 2.05) is 4.90 Å². The number of piperazine rings is 1. The van der Waals surface area contributed by atoms with E-state index in [1.165, 1.54) is 11.1 Å². The van der Waals surface area contributed by atoms with Crippen LogP contribution in [-0.4, -0.2) is 110 Å². The minimum absolute atomic E-state index is 0.0391. The lowest BCUT2D eigenvalue weighted by Crippen LogP contribution is -2.50. The van der Waals surface area contributed by atoms with Crippen molar-refractivity contribution >= 4 is 6.09 Å². The van der Waals surface area contributed by atoms with E-state index in [1.54, 1.807) is 0 Å². The second kappa shape index (κ2) is 11.3. The average Bonchev–Trinajstić information content (AvgIpc) is 3.24. The van der Waals surface area contributed by atoms with Gasteiger partial charge in [0.15, 0.2) is 0 Å². The minimum Gasteiger partial charge on any atom is -0.443 e. The Morgan fingerprint density at radius 1 is 0.765 bits per heavy atom. The van der Waals surface area contributed by atoms with Crippen LogP contribution >= 0.6 is 0 Å². The third-order valence-electron chi connectivity index (χ3n) is 7.20. The van der Waals surface area contributed by atoms with Crippen molar-refractivity contribution in [1.82, 2.24) is 19.6 Å². The molecule has 7 nitrogen and oxygen atoms in total. The monoisotopic (exact) mass is 464 g/mol. The van der Waals surface area contributed by atoms with Gasteiger partial charge < -0.3 is 14.4 Å². The molecule has 0 N–H and O–H groups in total. The summed E-state index contributed by atoms with van der Waals surface area (Å²) < 4.78 is 11.1. The average molecular weight is 465 g/mol. The Hall–Kier alpha value is -2.45. The molecule has 0 saturated carbocycles. The van der Waals surface area contributed by atoms with Crippen LogP contribution in [-0.2, 0) is 9.47 Å². The molecule has 3 fully saturated rings. The van der Waals surface area contributed by atoms with Crippen molar-refractivity contribution in [2.75, 3.05) is 78.7 Å². The van der Waals surface area contributed by atoms with Crippen molar-refractivity contribution < 1.29 is 14.3 Å². The van der Waals surface area contributed by atoms with Gasteiger partial charge in [-0.2, -0.15) is 0 Å². The van der Waals surface area contributed by atoms with Gasteiger partial charge in [0.2, 0.25) is 0 Å². The Kier molecular flexibility index (Phi) is 7.76. The number of morpholine rings is 1. The van der Waals surface area contributed by atoms with E-state index >= 15 is 0 Å². The molecule has 3 heterocycles. The Balaban J connectivity index is 1.13. The summed E-state index contributed by atoms with van der Waals surface area (Å²) in [5.74, 6) is 0. The zero-order valence-corrected chi connectivity index (χ0v) is 19.9. The van der Waals surface area contributed by atoms with Crippen LogP contribution in [0.5, 0.6) is 0 Å². The lowest BCUT2D eigenvalue weighted by atomic mass is 9.96. The van der Waals surface area contributed by atoms with E-state index < -0.39 is 0 Å². The molecule has 2 aromatic rings. The third kappa shape index (κ3) is 5.78. The summed E-state index contributed by atoms with van der Waals surface area (Å²) in [5, 5.41) is 0. The molecule has 1 amide bonds. The normalized spacial score (nSPS) is 22.9. The standard InChI is InChI=1S/C27H36N4O3/c32-27-31(16-11-28-17-19-33-20-18-28)22-25(34-27)21-29-12-14-30(15-13-29)26(23-7-3-1-4-8-23)24-9-5-2-6-10-24/h1-10,25-26H,11-22H2. The highest BCUT2D eigenvalue weighted by molar-refractivity contribution is 5.69. The van der Waals surface area contributed by atoms with E-state index in [4.69, 9.17) is 9.47 Å². The summed E-state index contributed by atoms with van der Waals surface area (Å²) in [5.41, 5.74) is 2.67. The molecule has 0 aromatic heterocycles. The smallest absolute Gasteiger partial charge is 0.410 e. The summed E-state index contributed by atoms with van der Waals surface area (Å²) in [6.45, 7) is 10.6. The first-order valence-corrected chi connectivity index (χ1v) is 12.6. The van der Waals surface area contributed by atoms with Gasteiger partial charge in [0.25, 0.3) is 0 Å². The molecule has 3 saturated heterocycles. The fourth-order valence-electron chi connectivity index (χ4n) is 5.32. The highest BCUT2D eigenvalue weighted by Gasteiger charge is 2.34. The Labute approximate surface area is 202 Å². The first-order chi connectivity index (χ1) is 16.8. The molecule has 3 aliphatic heterocycles. The van der Waals surface area contributed by atoms with Crippen LogP contribution in [0.15, 0.2) is 60.7 Å². The van der Waals surface area contributed by atoms with Crippen LogP contribution in [0.4, 0.5) is 4.79 Å². The van der Waals surface area contributed by atoms with Gasteiger partial charge >= 0.3 is 6.09 Å². The van der Waals surface area contributed by atoms with Crippen LogP contribution in [0.25, 0.3) is 0 Å². The van der Waals surface area contributed by atoms with Crippen LogP contribution in [0, 0.1) is 0 Å². The van der Waals surface area contributed by atoms with Gasteiger partial charge in [0.1, 0.15) is 6.10 Å². The van der Waals surface area contributed by atoms with Gasteiger partial charge in [-0.05, 0) is 11.1 Å². The zero-order chi connectivity index (χ0) is 23.2. The Bertz CT molecular complexity index is 859. The first-order valence-electron chi connectivity index (χ1n) is 12.6. The highest BCUT2D eigenvalue weighted by Crippen LogP contribution is 2.29. The lowest BCUT2D eigenvalue weighted by molar-refractivity contribution is 0.0353. The SMILES string of the molecule is O=C1OC(CN2CCN(C(c3ccccc3)c3ccccc3)CC2)CN1CCN1CCOCC1. The van der Waals surface area contributed by atoms with Gasteiger partial charge in [-0.1, -0.05) is 60.7 Å². The van der Waals surface area contributed by atoms with Crippen molar-refractivity contribution in [3.8, 4) is 0 Å². The molecule has 0 spiro atoms. The van der Waals surface area contributed by atoms with Crippen molar-refractivity contribution in [3.05, 3.63) is 71.8 Å². The van der Waals surface area contributed by atoms with E-state index in [-0.39, 0.29) is 18.2 Å². The topological polar surface area (TPSA) is 48.5 Å². The summed E-state index contributed by atoms with van der Waals surface area (Å²) in [7, 11) is 0. The summed E-state index contributed by atoms with van der Waals surface area (Å²) in [6, 6.07) is 21.8. The number of benzene rings is 2. The second-order valence-corrected chi connectivity index (χ2v) is 9.47. The fraction of sp³-hybridized carbons (Fsp3) is 0.519. The maximum Gasteiger partial charge on any atom is 0.410 e. The van der Waals surface area contributed by atoms with Crippen molar-refractivity contribution in [1.29, 1.82) is 0 Å². The van der Waals surface area contributed by atoms with Gasteiger partial charge in [-0.25, -0.2) is 4.79 Å². The van der Waals surface area contributed by atoms with Crippen LogP contribution in [0.1, 0.15) is 17.2 Å². The molecule has 3 aliphatic rings. The summed E-state index contributed by atoms with van der Waals surface area (Å²) in [4.78, 5) is 21.7. The maximum absolute atomic E-state index is 12.4. The molecule has 7 heteroatoms. The van der Waals surface area contributed by atoms with E-state index in [9.17, 15) is 4.79 Å². The number of hydrogen-bond acceptors (Lipinski definition) is 6. The summed E-state index contributed by atoms with van der Waals surface area (Å²) in [6.07, 6.45) is -0.201. The van der Waals surface area contributed by atoms with Crippen molar-refractivity contribution in [3.63, 3.8) is 0 Å². The molecule has 1 unspecified atom stereocenters. The highest BCUT2D eigenvalue weighted by atomic mass is 16.6. The number of nitrogens with zero attached hydrogens (tertiary/aromatic N) is 4. The third-order valence-corrected chi connectivity index (χ3v) is 7.20. The van der Waals surface area contributed by atoms with Gasteiger partial charge in [-0.3, -0.25) is 14.7 Å². The van der Waals surface area contributed by atoms with Gasteiger partial charge in [0, 0.05) is 58.9 Å². The Morgan fingerprint density at radius 2 is 1.38 bits per heavy atom. The number of carbonyl (C=O) groups excluding carboxylic acids is 1. The lowest BCUT2D eigenvalue weighted by Gasteiger charge is -2.40. The molecule has 0 bridgehead atoms. The number of cyclic esters (lactones) is 1. The molecular weight excluding hydrogens is 428 g/mol. The van der Waals surface area contributed by atoms with Crippen LogP contribution < -0.4 is 0 Å². The second-order valence-electron chi connectivity index (χ2n) is 9.47. The maximum atomic E-state index is 12.4. The molecule has 0 aliphatic carbocycles. The number of rotatable bonds is 8. The molecule has 182 valence electrons. The van der Waals surface area contributed by atoms with Crippen LogP contribution in [0.2, 0.25) is 0 Å². The van der Waals surface area contributed by atoms with Gasteiger partial charge in [-0.15, -0.1) is 0 Å². The number of amides is 1. The van der Waals surface area contributed by atoms with Gasteiger partial charge in [0.05, 0.1) is 25.8 Å². The molecule has 2 aromatic carbocycles. The largest absolute Gasteiger partial charge is 0.443 e. The number of hydrogen-bond donors (Lipinski definition) is 0. The molecule has 1 atom stereocenters. The number of carbonyl (C=O) groups is 1. The molecule has 5 rings (SSSR count). The number of ether oxygens (including phenoxy) is 2. The van der Waals surface area contributed by atoms with Crippen LogP contribution in [0.3, 0.4) is 0 Å². The molecule has 34 heavy (non-hydrogen) atoms. The quantitative estimate of drug-likeness (QED) is 0.599. The summed E-state index contributed by atoms with van der Waals surface area (Å²) >= 11 is 0. The van der Waals surface area contributed by atoms with E-state index in [2.05, 4.69) is 75.4 Å². The first kappa shape index (κ1) is 23.3. The molecular formula is C27H36N4O3. The van der Waals surface area contributed by atoms with Crippen molar-refractivity contribution in [2.45, 2.75) is 12.1 Å². The van der Waals surface area contributed by atoms with Crippen molar-refractivity contribution in [2.24, 2.45) is 0 Å². The molecule has 0 radical (unpaired) electrons. The predicted octanol–water partition coefficient (Wildman–Crippen LogP) is 2.55.